The zero-order chi connectivity index (χ0) is 13.8. The molecule has 2 rings (SSSR count). The fourth-order valence-electron chi connectivity index (χ4n) is 1.68. The number of nitriles is 1. The van der Waals surface area contributed by atoms with E-state index in [4.69, 9.17) is 28.5 Å². The topological polar surface area (TPSA) is 35.8 Å². The molecule has 0 aliphatic carbocycles. The largest absolute Gasteiger partial charge is 0.381 e. The fraction of sp³-hybridized carbons (Fsp3) is 0.0714. The van der Waals surface area contributed by atoms with Gasteiger partial charge in [0.1, 0.15) is 5.82 Å². The molecule has 0 spiro atoms. The van der Waals surface area contributed by atoms with Gasteiger partial charge in [-0.15, -0.1) is 0 Å². The Labute approximate surface area is 120 Å². The van der Waals surface area contributed by atoms with Crippen molar-refractivity contribution in [2.24, 2.45) is 0 Å². The molecule has 5 heteroatoms. The highest BCUT2D eigenvalue weighted by Gasteiger charge is 2.02. The van der Waals surface area contributed by atoms with Crippen LogP contribution in [0.5, 0.6) is 0 Å². The minimum Gasteiger partial charge on any atom is -0.381 e. The van der Waals surface area contributed by atoms with Crippen molar-refractivity contribution in [3.05, 3.63) is 63.4 Å². The van der Waals surface area contributed by atoms with Gasteiger partial charge in [0.15, 0.2) is 0 Å². The molecule has 0 saturated carbocycles. The number of anilines is 1. The van der Waals surface area contributed by atoms with E-state index < -0.39 is 5.82 Å². The Kier molecular flexibility index (Phi) is 4.26. The predicted molar refractivity (Wildman–Crippen MR) is 74.9 cm³/mol. The summed E-state index contributed by atoms with van der Waals surface area (Å²) in [6.45, 7) is 0.378. The minimum atomic E-state index is -0.431. The van der Waals surface area contributed by atoms with Crippen LogP contribution in [0.4, 0.5) is 10.1 Å². The molecule has 0 fully saturated rings. The quantitative estimate of drug-likeness (QED) is 0.897. The van der Waals surface area contributed by atoms with E-state index in [1.165, 1.54) is 12.1 Å². The van der Waals surface area contributed by atoms with Gasteiger partial charge in [-0.2, -0.15) is 5.26 Å². The normalized spacial score (nSPS) is 10.0. The van der Waals surface area contributed by atoms with E-state index in [1.807, 2.05) is 6.07 Å². The number of nitrogens with one attached hydrogen (secondary N) is 1. The molecule has 1 N–H and O–H groups in total. The monoisotopic (exact) mass is 294 g/mol. The molecule has 0 atom stereocenters. The highest BCUT2D eigenvalue weighted by molar-refractivity contribution is 6.35. The molecule has 96 valence electrons. The number of hydrogen-bond acceptors (Lipinski definition) is 2. The van der Waals surface area contributed by atoms with Crippen molar-refractivity contribution >= 4 is 28.9 Å². The number of halogens is 3. The molecule has 0 unspecified atom stereocenters. The Morgan fingerprint density at radius 2 is 1.74 bits per heavy atom. The number of benzene rings is 2. The van der Waals surface area contributed by atoms with Gasteiger partial charge in [-0.3, -0.25) is 0 Å². The molecular weight excluding hydrogens is 286 g/mol. The van der Waals surface area contributed by atoms with Gasteiger partial charge < -0.3 is 5.32 Å². The van der Waals surface area contributed by atoms with Crippen molar-refractivity contribution in [2.45, 2.75) is 6.54 Å². The first-order valence-corrected chi connectivity index (χ1v) is 6.22. The maximum Gasteiger partial charge on any atom is 0.124 e. The lowest BCUT2D eigenvalue weighted by molar-refractivity contribution is 0.625. The average molecular weight is 295 g/mol. The van der Waals surface area contributed by atoms with Crippen LogP contribution in [0.15, 0.2) is 36.4 Å². The van der Waals surface area contributed by atoms with Crippen LogP contribution < -0.4 is 5.32 Å². The van der Waals surface area contributed by atoms with Crippen molar-refractivity contribution in [1.82, 2.24) is 0 Å². The van der Waals surface area contributed by atoms with Crippen LogP contribution in [0.2, 0.25) is 10.0 Å². The summed E-state index contributed by atoms with van der Waals surface area (Å²) in [7, 11) is 0. The highest BCUT2D eigenvalue weighted by Crippen LogP contribution is 2.23. The summed E-state index contributed by atoms with van der Waals surface area (Å²) in [6, 6.07) is 11.2. The minimum absolute atomic E-state index is 0.293. The molecule has 0 amide bonds. The second kappa shape index (κ2) is 5.92. The van der Waals surface area contributed by atoms with Gasteiger partial charge in [-0.05, 0) is 42.0 Å². The first kappa shape index (κ1) is 13.7. The maximum absolute atomic E-state index is 13.2. The van der Waals surface area contributed by atoms with E-state index in [2.05, 4.69) is 5.32 Å². The summed E-state index contributed by atoms with van der Waals surface area (Å²) in [6.07, 6.45) is 0. The Balaban J connectivity index is 2.14. The standard InChI is InChI=1S/C14H9Cl2FN2/c15-11-4-12(16)6-14(5-11)19-8-10-1-9(7-18)2-13(17)3-10/h1-6,19H,8H2. The zero-order valence-corrected chi connectivity index (χ0v) is 11.3. The van der Waals surface area contributed by atoms with E-state index in [-0.39, 0.29) is 0 Å². The molecule has 0 heterocycles. The molecule has 0 bridgehead atoms. The van der Waals surface area contributed by atoms with Crippen molar-refractivity contribution < 1.29 is 4.39 Å². The van der Waals surface area contributed by atoms with Crippen molar-refractivity contribution in [2.75, 3.05) is 5.32 Å². The SMILES string of the molecule is N#Cc1cc(F)cc(CNc2cc(Cl)cc(Cl)c2)c1. The van der Waals surface area contributed by atoms with Crippen LogP contribution in [0.3, 0.4) is 0 Å². The van der Waals surface area contributed by atoms with Crippen LogP contribution in [-0.4, -0.2) is 0 Å². The third-order valence-electron chi connectivity index (χ3n) is 2.45. The maximum atomic E-state index is 13.2. The summed E-state index contributed by atoms with van der Waals surface area (Å²) in [5, 5.41) is 12.9. The molecule has 0 radical (unpaired) electrons. The van der Waals surface area contributed by atoms with Gasteiger partial charge in [0.2, 0.25) is 0 Å². The van der Waals surface area contributed by atoms with Gasteiger partial charge >= 0.3 is 0 Å². The second-order valence-corrected chi connectivity index (χ2v) is 4.84. The van der Waals surface area contributed by atoms with Gasteiger partial charge in [-0.1, -0.05) is 23.2 Å². The lowest BCUT2D eigenvalue weighted by Crippen LogP contribution is -2.00. The number of hydrogen-bond donors (Lipinski definition) is 1. The smallest absolute Gasteiger partial charge is 0.124 e. The zero-order valence-electron chi connectivity index (χ0n) is 9.75. The molecule has 2 aromatic rings. The molecule has 2 aromatic carbocycles. The molecular formula is C14H9Cl2FN2. The first-order valence-electron chi connectivity index (χ1n) is 5.46. The van der Waals surface area contributed by atoms with Gasteiger partial charge in [0, 0.05) is 22.3 Å². The lowest BCUT2D eigenvalue weighted by atomic mass is 10.1. The fourth-order valence-corrected chi connectivity index (χ4v) is 2.20. The summed E-state index contributed by atoms with van der Waals surface area (Å²) < 4.78 is 13.2. The van der Waals surface area contributed by atoms with E-state index in [0.717, 1.165) is 5.69 Å². The molecule has 0 aliphatic heterocycles. The summed E-state index contributed by atoms with van der Waals surface area (Å²) in [5.41, 5.74) is 1.70. The van der Waals surface area contributed by atoms with Crippen LogP contribution in [0.25, 0.3) is 0 Å². The van der Waals surface area contributed by atoms with Crippen molar-refractivity contribution in [3.63, 3.8) is 0 Å². The summed E-state index contributed by atoms with van der Waals surface area (Å²) >= 11 is 11.8. The Morgan fingerprint density at radius 3 is 2.37 bits per heavy atom. The van der Waals surface area contributed by atoms with E-state index in [1.54, 1.807) is 24.3 Å². The predicted octanol–water partition coefficient (Wildman–Crippen LogP) is 4.62. The van der Waals surface area contributed by atoms with E-state index >= 15 is 0 Å². The van der Waals surface area contributed by atoms with Gasteiger partial charge in [0.25, 0.3) is 0 Å². The molecule has 2 nitrogen and oxygen atoms in total. The van der Waals surface area contributed by atoms with Crippen molar-refractivity contribution in [3.8, 4) is 6.07 Å². The summed E-state index contributed by atoms with van der Waals surface area (Å²) in [5.74, 6) is -0.431. The molecule has 0 aliphatic rings. The number of rotatable bonds is 3. The Morgan fingerprint density at radius 1 is 1.05 bits per heavy atom. The summed E-state index contributed by atoms with van der Waals surface area (Å²) in [4.78, 5) is 0. The lowest BCUT2D eigenvalue weighted by Gasteiger charge is -2.08. The van der Waals surface area contributed by atoms with Gasteiger partial charge in [-0.25, -0.2) is 4.39 Å². The van der Waals surface area contributed by atoms with Crippen LogP contribution in [-0.2, 0) is 6.54 Å². The number of nitrogens with zero attached hydrogens (tertiary/aromatic N) is 1. The Hall–Kier alpha value is -1.76. The average Bonchev–Trinajstić information content (AvgIpc) is 2.34. The second-order valence-electron chi connectivity index (χ2n) is 3.97. The highest BCUT2D eigenvalue weighted by atomic mass is 35.5. The van der Waals surface area contributed by atoms with Crippen LogP contribution in [0, 0.1) is 17.1 Å². The first-order chi connectivity index (χ1) is 9.06. The van der Waals surface area contributed by atoms with E-state index in [0.29, 0.717) is 27.7 Å². The third kappa shape index (κ3) is 3.85. The van der Waals surface area contributed by atoms with Crippen molar-refractivity contribution in [1.29, 1.82) is 5.26 Å². The molecule has 0 saturated heterocycles. The van der Waals surface area contributed by atoms with Gasteiger partial charge in [0.05, 0.1) is 11.6 Å². The Bertz CT molecular complexity index is 630. The van der Waals surface area contributed by atoms with Crippen LogP contribution in [0.1, 0.15) is 11.1 Å². The van der Waals surface area contributed by atoms with E-state index in [9.17, 15) is 4.39 Å². The van der Waals surface area contributed by atoms with Crippen LogP contribution >= 0.6 is 23.2 Å². The molecule has 0 aromatic heterocycles. The third-order valence-corrected chi connectivity index (χ3v) is 2.88. The molecule has 19 heavy (non-hydrogen) atoms.